The van der Waals surface area contributed by atoms with Crippen molar-refractivity contribution >= 4 is 28.3 Å². The monoisotopic (exact) mass is 234 g/mol. The number of rotatable bonds is 3. The quantitative estimate of drug-likeness (QED) is 0.770. The molecule has 0 aliphatic rings. The van der Waals surface area contributed by atoms with Gasteiger partial charge in [0.15, 0.2) is 0 Å². The summed E-state index contributed by atoms with van der Waals surface area (Å²) >= 11 is 5.68. The Morgan fingerprint density at radius 3 is 2.57 bits per heavy atom. The Hall–Kier alpha value is -1.07. The fraction of sp³-hybridized carbons (Fsp3) is 0.125. The normalized spacial score (nSPS) is 10.4. The Labute approximate surface area is 87.1 Å². The lowest BCUT2D eigenvalue weighted by Gasteiger charge is -2.01. The van der Waals surface area contributed by atoms with Gasteiger partial charge in [0.05, 0.1) is 11.3 Å². The largest absolute Gasteiger partial charge is 0.478 e. The summed E-state index contributed by atoms with van der Waals surface area (Å²) in [5, 5.41) is 8.90. The van der Waals surface area contributed by atoms with Crippen molar-refractivity contribution in [1.82, 2.24) is 0 Å². The van der Waals surface area contributed by atoms with E-state index in [-0.39, 0.29) is 16.3 Å². The van der Waals surface area contributed by atoms with Crippen LogP contribution in [0.3, 0.4) is 0 Å². The van der Waals surface area contributed by atoms with E-state index in [4.69, 9.17) is 16.7 Å². The van der Waals surface area contributed by atoms with Crippen molar-refractivity contribution in [2.75, 3.05) is 0 Å². The van der Waals surface area contributed by atoms with Gasteiger partial charge in [-0.05, 0) is 23.8 Å². The van der Waals surface area contributed by atoms with Crippen LogP contribution in [0.5, 0.6) is 0 Å². The van der Waals surface area contributed by atoms with Crippen molar-refractivity contribution in [3.63, 3.8) is 0 Å². The second-order valence-electron chi connectivity index (χ2n) is 2.60. The summed E-state index contributed by atoms with van der Waals surface area (Å²) in [6.07, 6.45) is 0. The average Bonchev–Trinajstić information content (AvgIpc) is 2.07. The molecule has 0 radical (unpaired) electrons. The minimum atomic E-state index is -2.60. The summed E-state index contributed by atoms with van der Waals surface area (Å²) in [4.78, 5) is 10.6. The first-order valence-electron chi connectivity index (χ1n) is 3.64. The van der Waals surface area contributed by atoms with Crippen molar-refractivity contribution in [2.45, 2.75) is 5.75 Å². The van der Waals surface area contributed by atoms with Gasteiger partial charge in [0.2, 0.25) is 0 Å². The van der Waals surface area contributed by atoms with E-state index in [0.29, 0.717) is 5.56 Å². The van der Waals surface area contributed by atoms with Crippen molar-refractivity contribution in [2.24, 2.45) is 0 Å². The van der Waals surface area contributed by atoms with Crippen LogP contribution in [-0.2, 0) is 16.5 Å². The SMILES string of the molecule is O=C(O)c1ccc(Cl)c(C[SH](=O)=O)c1. The van der Waals surface area contributed by atoms with Gasteiger partial charge in [-0.1, -0.05) is 11.6 Å². The lowest BCUT2D eigenvalue weighted by atomic mass is 10.1. The third-order valence-electron chi connectivity index (χ3n) is 1.59. The maximum absolute atomic E-state index is 10.6. The van der Waals surface area contributed by atoms with Crippen molar-refractivity contribution in [1.29, 1.82) is 0 Å². The van der Waals surface area contributed by atoms with E-state index in [0.717, 1.165) is 0 Å². The van der Waals surface area contributed by atoms with Crippen LogP contribution in [0.1, 0.15) is 15.9 Å². The van der Waals surface area contributed by atoms with Gasteiger partial charge in [0.25, 0.3) is 0 Å². The smallest absolute Gasteiger partial charge is 0.335 e. The zero-order valence-corrected chi connectivity index (χ0v) is 8.59. The van der Waals surface area contributed by atoms with E-state index in [1.165, 1.54) is 18.2 Å². The number of benzene rings is 1. The van der Waals surface area contributed by atoms with Gasteiger partial charge >= 0.3 is 5.97 Å². The average molecular weight is 235 g/mol. The predicted octanol–water partition coefficient (Wildman–Crippen LogP) is 1.15. The summed E-state index contributed by atoms with van der Waals surface area (Å²) in [5.74, 6) is -1.35. The zero-order chi connectivity index (χ0) is 10.7. The molecule has 0 fully saturated rings. The highest BCUT2D eigenvalue weighted by Crippen LogP contribution is 2.18. The number of carboxylic acid groups (broad SMARTS) is 1. The number of carbonyl (C=O) groups is 1. The van der Waals surface area contributed by atoms with Crippen LogP contribution in [0.25, 0.3) is 0 Å². The molecular weight excluding hydrogens is 228 g/mol. The van der Waals surface area contributed by atoms with Crippen LogP contribution in [0.4, 0.5) is 0 Å². The molecule has 0 heterocycles. The first-order valence-corrected chi connectivity index (χ1v) is 5.38. The van der Waals surface area contributed by atoms with Gasteiger partial charge in [-0.15, -0.1) is 0 Å². The van der Waals surface area contributed by atoms with Gasteiger partial charge in [-0.25, -0.2) is 13.2 Å². The first kappa shape index (κ1) is 11.0. The van der Waals surface area contributed by atoms with Crippen LogP contribution in [-0.4, -0.2) is 19.5 Å². The van der Waals surface area contributed by atoms with Gasteiger partial charge in [0, 0.05) is 5.02 Å². The van der Waals surface area contributed by atoms with Crippen LogP contribution in [0, 0.1) is 0 Å². The third-order valence-corrected chi connectivity index (χ3v) is 2.56. The number of thiol groups is 1. The van der Waals surface area contributed by atoms with E-state index < -0.39 is 16.7 Å². The number of hydrogen-bond acceptors (Lipinski definition) is 3. The molecular formula is C8H7ClO4S. The molecule has 1 aromatic rings. The molecule has 0 aliphatic heterocycles. The summed E-state index contributed by atoms with van der Waals surface area (Å²) < 4.78 is 20.9. The fourth-order valence-electron chi connectivity index (χ4n) is 0.968. The molecule has 6 heteroatoms. The Kier molecular flexibility index (Phi) is 3.49. The maximum atomic E-state index is 10.6. The van der Waals surface area contributed by atoms with Gasteiger partial charge in [-0.3, -0.25) is 0 Å². The highest BCUT2D eigenvalue weighted by atomic mass is 35.5. The maximum Gasteiger partial charge on any atom is 0.335 e. The molecule has 1 rings (SSSR count). The summed E-state index contributed by atoms with van der Waals surface area (Å²) in [6.45, 7) is 0. The molecule has 4 nitrogen and oxygen atoms in total. The molecule has 0 saturated heterocycles. The lowest BCUT2D eigenvalue weighted by molar-refractivity contribution is 0.0697. The second kappa shape index (κ2) is 4.43. The van der Waals surface area contributed by atoms with Gasteiger partial charge in [0.1, 0.15) is 10.7 Å². The molecule has 0 bridgehead atoms. The number of aromatic carboxylic acids is 1. The fourth-order valence-corrected chi connectivity index (χ4v) is 1.79. The molecule has 0 atom stereocenters. The summed E-state index contributed by atoms with van der Waals surface area (Å²) in [5.41, 5.74) is 0.337. The van der Waals surface area contributed by atoms with E-state index in [2.05, 4.69) is 0 Å². The van der Waals surface area contributed by atoms with Crippen LogP contribution in [0.15, 0.2) is 18.2 Å². The molecule has 1 N–H and O–H groups in total. The number of carboxylic acids is 1. The highest BCUT2D eigenvalue weighted by molar-refractivity contribution is 7.71. The summed E-state index contributed by atoms with van der Waals surface area (Å²) in [7, 11) is -2.60. The van der Waals surface area contributed by atoms with Crippen LogP contribution >= 0.6 is 11.6 Å². The van der Waals surface area contributed by atoms with Crippen molar-refractivity contribution < 1.29 is 18.3 Å². The molecule has 1 aromatic carbocycles. The molecule has 0 saturated carbocycles. The second-order valence-corrected chi connectivity index (χ2v) is 3.99. The van der Waals surface area contributed by atoms with Gasteiger partial charge < -0.3 is 5.11 Å². The third kappa shape index (κ3) is 2.71. The van der Waals surface area contributed by atoms with Crippen molar-refractivity contribution in [3.8, 4) is 0 Å². The topological polar surface area (TPSA) is 71.4 Å². The Morgan fingerprint density at radius 1 is 1.43 bits per heavy atom. The van der Waals surface area contributed by atoms with Crippen LogP contribution < -0.4 is 0 Å². The minimum absolute atomic E-state index is 0.0289. The van der Waals surface area contributed by atoms with E-state index in [9.17, 15) is 13.2 Å². The molecule has 0 aliphatic carbocycles. The molecule has 76 valence electrons. The molecule has 0 spiro atoms. The Morgan fingerprint density at radius 2 is 2.07 bits per heavy atom. The summed E-state index contributed by atoms with van der Waals surface area (Å²) in [6, 6.07) is 3.96. The minimum Gasteiger partial charge on any atom is -0.478 e. The van der Waals surface area contributed by atoms with E-state index >= 15 is 0 Å². The van der Waals surface area contributed by atoms with Crippen molar-refractivity contribution in [3.05, 3.63) is 34.3 Å². The van der Waals surface area contributed by atoms with E-state index in [1.807, 2.05) is 0 Å². The number of hydrogen-bond donors (Lipinski definition) is 2. The highest BCUT2D eigenvalue weighted by Gasteiger charge is 2.07. The molecule has 0 aromatic heterocycles. The zero-order valence-electron chi connectivity index (χ0n) is 6.94. The molecule has 0 unspecified atom stereocenters. The predicted molar refractivity (Wildman–Crippen MR) is 52.4 cm³/mol. The lowest BCUT2D eigenvalue weighted by Crippen LogP contribution is -1.98. The molecule has 14 heavy (non-hydrogen) atoms. The van der Waals surface area contributed by atoms with E-state index in [1.54, 1.807) is 0 Å². The molecule has 0 amide bonds. The standard InChI is InChI=1S/C8H7ClO4S/c9-7-2-1-5(8(10)11)3-6(7)4-14(12)13/h1-3,14H,4H2,(H,10,11). The van der Waals surface area contributed by atoms with Crippen LogP contribution in [0.2, 0.25) is 5.02 Å². The van der Waals surface area contributed by atoms with Gasteiger partial charge in [-0.2, -0.15) is 0 Å². The Balaban J connectivity index is 3.14. The Bertz CT molecular complexity index is 431. The number of halogens is 1. The first-order chi connectivity index (χ1) is 6.50.